The van der Waals surface area contributed by atoms with Gasteiger partial charge < -0.3 is 10.6 Å². The van der Waals surface area contributed by atoms with Crippen LogP contribution in [0.2, 0.25) is 0 Å². The van der Waals surface area contributed by atoms with Crippen LogP contribution in [0.3, 0.4) is 0 Å². The fourth-order valence-corrected chi connectivity index (χ4v) is 1.68. The molecule has 1 aromatic rings. The summed E-state index contributed by atoms with van der Waals surface area (Å²) in [5.41, 5.74) is 1.27. The lowest BCUT2D eigenvalue weighted by Crippen LogP contribution is -2.28. The molecule has 0 amide bonds. The van der Waals surface area contributed by atoms with E-state index < -0.39 is 0 Å². The molecular formula is C10H16N2S. The van der Waals surface area contributed by atoms with E-state index in [4.69, 9.17) is 0 Å². The van der Waals surface area contributed by atoms with Gasteiger partial charge in [0.2, 0.25) is 0 Å². The second-order valence-corrected chi connectivity index (χ2v) is 3.66. The first-order valence-electron chi connectivity index (χ1n) is 4.30. The van der Waals surface area contributed by atoms with Crippen LogP contribution in [0.15, 0.2) is 29.2 Å². The van der Waals surface area contributed by atoms with Crippen molar-refractivity contribution in [3.05, 3.63) is 29.8 Å². The molecule has 0 radical (unpaired) electrons. The zero-order valence-corrected chi connectivity index (χ0v) is 9.11. The third kappa shape index (κ3) is 2.72. The Morgan fingerprint density at radius 3 is 2.00 bits per heavy atom. The summed E-state index contributed by atoms with van der Waals surface area (Å²) in [6.07, 6.45) is 2.33. The van der Waals surface area contributed by atoms with Gasteiger partial charge in [-0.15, -0.1) is 11.8 Å². The van der Waals surface area contributed by atoms with Gasteiger partial charge in [0.05, 0.1) is 6.17 Å². The quantitative estimate of drug-likeness (QED) is 0.567. The summed E-state index contributed by atoms with van der Waals surface area (Å²) in [6.45, 7) is 0. The van der Waals surface area contributed by atoms with Gasteiger partial charge >= 0.3 is 0 Å². The van der Waals surface area contributed by atoms with Gasteiger partial charge in [0.25, 0.3) is 0 Å². The average molecular weight is 196 g/mol. The zero-order valence-electron chi connectivity index (χ0n) is 8.29. The standard InChI is InChI=1S/C10H16N2S/c1-11-10(12-2)8-4-6-9(13-3)7-5-8/h4-7,10-12H,1-3H3. The highest BCUT2D eigenvalue weighted by molar-refractivity contribution is 7.98. The van der Waals surface area contributed by atoms with Gasteiger partial charge in [-0.3, -0.25) is 0 Å². The van der Waals surface area contributed by atoms with E-state index in [2.05, 4.69) is 41.2 Å². The highest BCUT2D eigenvalue weighted by Gasteiger charge is 2.04. The average Bonchev–Trinajstić information content (AvgIpc) is 2.21. The molecule has 0 saturated heterocycles. The minimum atomic E-state index is 0.246. The van der Waals surface area contributed by atoms with Crippen LogP contribution in [0, 0.1) is 0 Å². The Balaban J connectivity index is 2.78. The molecule has 2 N–H and O–H groups in total. The van der Waals surface area contributed by atoms with Gasteiger partial charge in [0.1, 0.15) is 0 Å². The summed E-state index contributed by atoms with van der Waals surface area (Å²) in [6, 6.07) is 8.57. The van der Waals surface area contributed by atoms with Gasteiger partial charge in [-0.25, -0.2) is 0 Å². The van der Waals surface area contributed by atoms with Crippen molar-refractivity contribution in [3.8, 4) is 0 Å². The molecule has 0 unspecified atom stereocenters. The summed E-state index contributed by atoms with van der Waals surface area (Å²) in [4.78, 5) is 1.30. The molecule has 3 heteroatoms. The third-order valence-electron chi connectivity index (χ3n) is 2.03. The Morgan fingerprint density at radius 2 is 1.62 bits per heavy atom. The number of hydrogen-bond donors (Lipinski definition) is 2. The molecule has 0 bridgehead atoms. The Hall–Kier alpha value is -0.510. The molecular weight excluding hydrogens is 180 g/mol. The Kier molecular flexibility index (Phi) is 4.28. The van der Waals surface area contributed by atoms with E-state index in [0.29, 0.717) is 0 Å². The predicted molar refractivity (Wildman–Crippen MR) is 59.1 cm³/mol. The lowest BCUT2D eigenvalue weighted by molar-refractivity contribution is 0.520. The van der Waals surface area contributed by atoms with Gasteiger partial charge in [0.15, 0.2) is 0 Å². The maximum absolute atomic E-state index is 3.19. The Labute approximate surface area is 84.1 Å². The molecule has 0 aliphatic carbocycles. The molecule has 0 aliphatic heterocycles. The summed E-state index contributed by atoms with van der Waals surface area (Å²) in [5.74, 6) is 0. The molecule has 2 nitrogen and oxygen atoms in total. The van der Waals surface area contributed by atoms with Crippen LogP contribution in [0.25, 0.3) is 0 Å². The van der Waals surface area contributed by atoms with Gasteiger partial charge in [0, 0.05) is 4.90 Å². The normalized spacial score (nSPS) is 10.8. The van der Waals surface area contributed by atoms with E-state index in [0.717, 1.165) is 0 Å². The Bertz CT molecular complexity index is 242. The van der Waals surface area contributed by atoms with Crippen LogP contribution in [0.4, 0.5) is 0 Å². The summed E-state index contributed by atoms with van der Waals surface area (Å²) < 4.78 is 0. The highest BCUT2D eigenvalue weighted by atomic mass is 32.2. The van der Waals surface area contributed by atoms with Crippen LogP contribution in [-0.4, -0.2) is 20.4 Å². The second kappa shape index (κ2) is 5.27. The van der Waals surface area contributed by atoms with E-state index in [1.807, 2.05) is 14.1 Å². The molecule has 0 aliphatic rings. The zero-order chi connectivity index (χ0) is 9.68. The fourth-order valence-electron chi connectivity index (χ4n) is 1.27. The van der Waals surface area contributed by atoms with E-state index >= 15 is 0 Å². The van der Waals surface area contributed by atoms with Crippen molar-refractivity contribution in [1.82, 2.24) is 10.6 Å². The molecule has 0 atom stereocenters. The molecule has 72 valence electrons. The number of nitrogens with one attached hydrogen (secondary N) is 2. The maximum atomic E-state index is 3.19. The van der Waals surface area contributed by atoms with E-state index in [1.165, 1.54) is 10.5 Å². The van der Waals surface area contributed by atoms with Crippen molar-refractivity contribution >= 4 is 11.8 Å². The molecule has 13 heavy (non-hydrogen) atoms. The van der Waals surface area contributed by atoms with Crippen LogP contribution in [0.5, 0.6) is 0 Å². The molecule has 1 rings (SSSR count). The van der Waals surface area contributed by atoms with Crippen LogP contribution in [0.1, 0.15) is 11.7 Å². The second-order valence-electron chi connectivity index (χ2n) is 2.78. The van der Waals surface area contributed by atoms with Crippen molar-refractivity contribution < 1.29 is 0 Å². The van der Waals surface area contributed by atoms with Gasteiger partial charge in [-0.05, 0) is 38.0 Å². The predicted octanol–water partition coefficient (Wildman–Crippen LogP) is 1.85. The van der Waals surface area contributed by atoms with E-state index in [1.54, 1.807) is 11.8 Å². The summed E-state index contributed by atoms with van der Waals surface area (Å²) in [5, 5.41) is 6.38. The number of hydrogen-bond acceptors (Lipinski definition) is 3. The first-order valence-corrected chi connectivity index (χ1v) is 5.52. The van der Waals surface area contributed by atoms with Crippen molar-refractivity contribution in [1.29, 1.82) is 0 Å². The molecule has 0 spiro atoms. The minimum absolute atomic E-state index is 0.246. The van der Waals surface area contributed by atoms with Crippen molar-refractivity contribution in [2.45, 2.75) is 11.1 Å². The summed E-state index contributed by atoms with van der Waals surface area (Å²) in [7, 11) is 3.90. The third-order valence-corrected chi connectivity index (χ3v) is 2.77. The van der Waals surface area contributed by atoms with Crippen LogP contribution < -0.4 is 10.6 Å². The largest absolute Gasteiger partial charge is 0.301 e. The first-order chi connectivity index (χ1) is 6.31. The van der Waals surface area contributed by atoms with E-state index in [9.17, 15) is 0 Å². The number of benzene rings is 1. The van der Waals surface area contributed by atoms with Gasteiger partial charge in [-0.2, -0.15) is 0 Å². The van der Waals surface area contributed by atoms with Crippen molar-refractivity contribution in [3.63, 3.8) is 0 Å². The highest BCUT2D eigenvalue weighted by Crippen LogP contribution is 2.17. The lowest BCUT2D eigenvalue weighted by Gasteiger charge is -2.15. The molecule has 0 fully saturated rings. The SMILES string of the molecule is CNC(NC)c1ccc(SC)cc1. The number of thioether (sulfide) groups is 1. The minimum Gasteiger partial charge on any atom is -0.301 e. The van der Waals surface area contributed by atoms with Crippen LogP contribution >= 0.6 is 11.8 Å². The van der Waals surface area contributed by atoms with Gasteiger partial charge in [-0.1, -0.05) is 12.1 Å². The fraction of sp³-hybridized carbons (Fsp3) is 0.400. The Morgan fingerprint density at radius 1 is 1.08 bits per heavy atom. The lowest BCUT2D eigenvalue weighted by atomic mass is 10.2. The maximum Gasteiger partial charge on any atom is 0.0830 e. The van der Waals surface area contributed by atoms with E-state index in [-0.39, 0.29) is 6.17 Å². The number of rotatable bonds is 4. The first kappa shape index (κ1) is 10.6. The molecule has 0 heterocycles. The van der Waals surface area contributed by atoms with Crippen molar-refractivity contribution in [2.24, 2.45) is 0 Å². The topological polar surface area (TPSA) is 24.1 Å². The molecule has 0 aromatic heterocycles. The monoisotopic (exact) mass is 196 g/mol. The van der Waals surface area contributed by atoms with Crippen LogP contribution in [-0.2, 0) is 0 Å². The summed E-state index contributed by atoms with van der Waals surface area (Å²) >= 11 is 1.76. The smallest absolute Gasteiger partial charge is 0.0830 e. The van der Waals surface area contributed by atoms with Crippen molar-refractivity contribution in [2.75, 3.05) is 20.4 Å². The molecule has 1 aromatic carbocycles. The molecule has 0 saturated carbocycles.